The van der Waals surface area contributed by atoms with E-state index < -0.39 is 12.7 Å². The van der Waals surface area contributed by atoms with Gasteiger partial charge in [0.15, 0.2) is 0 Å². The van der Waals surface area contributed by atoms with E-state index in [0.717, 1.165) is 5.56 Å². The Labute approximate surface area is 153 Å². The van der Waals surface area contributed by atoms with Gasteiger partial charge in [0, 0.05) is 30.3 Å². The van der Waals surface area contributed by atoms with E-state index in [1.54, 1.807) is 25.4 Å². The molecule has 0 aliphatic carbocycles. The number of rotatable bonds is 8. The Morgan fingerprint density at radius 1 is 1.31 bits per heavy atom. The van der Waals surface area contributed by atoms with Crippen molar-refractivity contribution >= 4 is 17.3 Å². The molecule has 1 heterocycles. The van der Waals surface area contributed by atoms with E-state index in [2.05, 4.69) is 25.1 Å². The number of aryl methyl sites for hydroxylation is 1. The monoisotopic (exact) mass is 383 g/mol. The van der Waals surface area contributed by atoms with Crippen LogP contribution in [0, 0.1) is 12.5 Å². The van der Waals surface area contributed by atoms with Crippen molar-refractivity contribution in [2.45, 2.75) is 26.6 Å². The summed E-state index contributed by atoms with van der Waals surface area (Å²) in [6.07, 6.45) is 3.99. The number of alkyl halides is 2. The number of aromatic nitrogens is 2. The molecule has 1 aromatic heterocycles. The third-order valence-electron chi connectivity index (χ3n) is 3.12. The van der Waals surface area contributed by atoms with E-state index in [1.165, 1.54) is 18.3 Å². The van der Waals surface area contributed by atoms with E-state index >= 15 is 0 Å². The Bertz CT molecular complexity index is 787. The first kappa shape index (κ1) is 19.5. The largest absolute Gasteiger partial charge is 0.454 e. The summed E-state index contributed by atoms with van der Waals surface area (Å²) in [6.45, 7) is 0.529. The van der Waals surface area contributed by atoms with Crippen molar-refractivity contribution in [1.29, 1.82) is 5.53 Å². The Morgan fingerprint density at radius 3 is 2.62 bits per heavy atom. The molecule has 0 aliphatic heterocycles. The second-order valence-electron chi connectivity index (χ2n) is 5.15. The smallest absolute Gasteiger partial charge is 0.387 e. The number of nitrogens with zero attached hydrogens (tertiary/aromatic N) is 3. The first-order valence-corrected chi connectivity index (χ1v) is 7.80. The van der Waals surface area contributed by atoms with E-state index in [9.17, 15) is 8.78 Å². The first-order valence-electron chi connectivity index (χ1n) is 7.42. The maximum absolute atomic E-state index is 12.4. The molecule has 26 heavy (non-hydrogen) atoms. The lowest BCUT2D eigenvalue weighted by atomic mass is 10.3. The molecule has 0 fully saturated rings. The number of anilines is 1. The highest BCUT2D eigenvalue weighted by molar-refractivity contribution is 6.32. The second kappa shape index (κ2) is 9.04. The van der Waals surface area contributed by atoms with E-state index in [1.807, 2.05) is 6.92 Å². The number of hydrogen-bond donors (Lipinski definition) is 2. The van der Waals surface area contributed by atoms with Crippen LogP contribution in [-0.2, 0) is 0 Å². The third kappa shape index (κ3) is 5.62. The molecule has 7 nitrogen and oxygen atoms in total. The zero-order valence-electron chi connectivity index (χ0n) is 13.9. The summed E-state index contributed by atoms with van der Waals surface area (Å²) in [6, 6.07) is 4.43. The number of nitrogens with one attached hydrogen (secondary N) is 2. The molecular weight excluding hydrogens is 368 g/mol. The number of benzene rings is 1. The van der Waals surface area contributed by atoms with E-state index in [0.29, 0.717) is 5.69 Å². The quantitative estimate of drug-likeness (QED) is 0.639. The van der Waals surface area contributed by atoms with Crippen molar-refractivity contribution in [3.8, 4) is 11.8 Å². The minimum atomic E-state index is -2.99. The number of halogens is 3. The molecule has 2 N–H and O–H groups in total. The van der Waals surface area contributed by atoms with Crippen LogP contribution in [0.1, 0.15) is 12.5 Å². The first-order chi connectivity index (χ1) is 12.4. The van der Waals surface area contributed by atoms with Gasteiger partial charge in [0.25, 0.3) is 0 Å². The zero-order valence-corrected chi connectivity index (χ0v) is 14.7. The van der Waals surface area contributed by atoms with Gasteiger partial charge in [-0.3, -0.25) is 0 Å². The van der Waals surface area contributed by atoms with Crippen molar-refractivity contribution in [1.82, 2.24) is 9.97 Å². The van der Waals surface area contributed by atoms with Crippen LogP contribution in [0.25, 0.3) is 0 Å². The minimum absolute atomic E-state index is 0.0541. The SMILES string of the molecule is Cc1cnc(OC(C)/C(=C/Nc2ccc(Cl)c(OC(F)F)c2)N=N)nc1. The van der Waals surface area contributed by atoms with Crippen molar-refractivity contribution in [2.75, 3.05) is 5.32 Å². The van der Waals surface area contributed by atoms with Gasteiger partial charge in [0.1, 0.15) is 17.6 Å². The van der Waals surface area contributed by atoms with E-state index in [-0.39, 0.29) is 22.5 Å². The topological polar surface area (TPSA) is 92.5 Å². The van der Waals surface area contributed by atoms with Crippen LogP contribution < -0.4 is 14.8 Å². The fraction of sp³-hybridized carbons (Fsp3) is 0.250. The second-order valence-corrected chi connectivity index (χ2v) is 5.56. The van der Waals surface area contributed by atoms with Crippen LogP contribution in [0.5, 0.6) is 11.8 Å². The molecule has 138 valence electrons. The average molecular weight is 384 g/mol. The Morgan fingerprint density at radius 2 is 2.00 bits per heavy atom. The third-order valence-corrected chi connectivity index (χ3v) is 3.43. The molecule has 0 radical (unpaired) electrons. The van der Waals surface area contributed by atoms with Gasteiger partial charge in [0.2, 0.25) is 0 Å². The van der Waals surface area contributed by atoms with Crippen LogP contribution in [0.2, 0.25) is 5.02 Å². The summed E-state index contributed by atoms with van der Waals surface area (Å²) >= 11 is 5.80. The van der Waals surface area contributed by atoms with E-state index in [4.69, 9.17) is 21.9 Å². The summed E-state index contributed by atoms with van der Waals surface area (Å²) in [5, 5.41) is 6.28. The van der Waals surface area contributed by atoms with Gasteiger partial charge in [-0.15, -0.1) is 0 Å². The molecular formula is C16H16ClF2N5O2. The van der Waals surface area contributed by atoms with Gasteiger partial charge >= 0.3 is 12.6 Å². The molecule has 0 amide bonds. The molecule has 10 heteroatoms. The van der Waals surface area contributed by atoms with Crippen LogP contribution in [0.3, 0.4) is 0 Å². The molecule has 0 aliphatic rings. The lowest BCUT2D eigenvalue weighted by Crippen LogP contribution is -2.16. The average Bonchev–Trinajstić information content (AvgIpc) is 2.59. The van der Waals surface area contributed by atoms with Gasteiger partial charge in [-0.2, -0.15) is 13.9 Å². The predicted octanol–water partition coefficient (Wildman–Crippen LogP) is 4.79. The molecule has 1 unspecified atom stereocenters. The minimum Gasteiger partial charge on any atom is -0.454 e. The Hall–Kier alpha value is -2.81. The molecule has 0 spiro atoms. The highest BCUT2D eigenvalue weighted by Crippen LogP contribution is 2.29. The maximum Gasteiger partial charge on any atom is 0.387 e. The maximum atomic E-state index is 12.4. The molecule has 2 aromatic rings. The molecule has 2 rings (SSSR count). The van der Waals surface area contributed by atoms with Crippen molar-refractivity contribution in [2.24, 2.45) is 5.11 Å². The summed E-state index contributed by atoms with van der Waals surface area (Å²) in [5.74, 6) is -0.165. The van der Waals surface area contributed by atoms with Gasteiger partial charge in [-0.05, 0) is 31.5 Å². The fourth-order valence-corrected chi connectivity index (χ4v) is 2.00. The lowest BCUT2D eigenvalue weighted by molar-refractivity contribution is -0.0497. The molecule has 0 bridgehead atoms. The molecule has 1 aromatic carbocycles. The zero-order chi connectivity index (χ0) is 19.1. The van der Waals surface area contributed by atoms with Crippen LogP contribution in [0.15, 0.2) is 47.6 Å². The summed E-state index contributed by atoms with van der Waals surface area (Å²) in [5.41, 5.74) is 8.82. The van der Waals surface area contributed by atoms with Crippen molar-refractivity contribution in [3.63, 3.8) is 0 Å². The highest BCUT2D eigenvalue weighted by Gasteiger charge is 2.13. The van der Waals surface area contributed by atoms with Crippen molar-refractivity contribution in [3.05, 3.63) is 53.1 Å². The normalized spacial score (nSPS) is 12.6. The Kier molecular flexibility index (Phi) is 6.79. The van der Waals surface area contributed by atoms with Gasteiger partial charge < -0.3 is 14.8 Å². The van der Waals surface area contributed by atoms with Gasteiger partial charge in [-0.25, -0.2) is 15.5 Å². The highest BCUT2D eigenvalue weighted by atomic mass is 35.5. The summed E-state index contributed by atoms with van der Waals surface area (Å²) in [4.78, 5) is 8.03. The Balaban J connectivity index is 2.08. The summed E-state index contributed by atoms with van der Waals surface area (Å²) in [7, 11) is 0. The van der Waals surface area contributed by atoms with Gasteiger partial charge in [-0.1, -0.05) is 11.6 Å². The summed E-state index contributed by atoms with van der Waals surface area (Å²) < 4.78 is 34.6. The van der Waals surface area contributed by atoms with Crippen LogP contribution in [-0.4, -0.2) is 22.7 Å². The molecule has 0 saturated heterocycles. The fourth-order valence-electron chi connectivity index (χ4n) is 1.84. The molecule has 0 saturated carbocycles. The number of hydrogen-bond acceptors (Lipinski definition) is 7. The van der Waals surface area contributed by atoms with Crippen LogP contribution in [0.4, 0.5) is 14.5 Å². The lowest BCUT2D eigenvalue weighted by Gasteiger charge is -2.13. The van der Waals surface area contributed by atoms with Crippen molar-refractivity contribution < 1.29 is 18.3 Å². The predicted molar refractivity (Wildman–Crippen MR) is 91.8 cm³/mol. The molecule has 1 atom stereocenters. The standard InChI is InChI=1S/C16H16ClF2N5O2/c1-9-6-22-16(23-7-9)25-10(2)13(24-20)8-21-11-3-4-12(17)14(5-11)26-15(18)19/h3-8,10,15,20-21H,1-2H3/b13-8-,24-20?. The van der Waals surface area contributed by atoms with Crippen LogP contribution >= 0.6 is 11.6 Å². The number of ether oxygens (including phenoxy) is 2. The van der Waals surface area contributed by atoms with Gasteiger partial charge in [0.05, 0.1) is 5.02 Å².